The van der Waals surface area contributed by atoms with Crippen LogP contribution < -0.4 is 15.2 Å². The summed E-state index contributed by atoms with van der Waals surface area (Å²) >= 11 is 0. The van der Waals surface area contributed by atoms with Crippen molar-refractivity contribution in [3.8, 4) is 17.4 Å². The third kappa shape index (κ3) is 2.66. The minimum atomic E-state index is 0.513. The third-order valence-corrected chi connectivity index (χ3v) is 2.29. The monoisotopic (exact) mass is 230 g/mol. The molecule has 1 aromatic carbocycles. The molecule has 0 fully saturated rings. The molecule has 17 heavy (non-hydrogen) atoms. The van der Waals surface area contributed by atoms with E-state index in [0.29, 0.717) is 23.1 Å². The second-order valence-corrected chi connectivity index (χ2v) is 3.69. The van der Waals surface area contributed by atoms with Gasteiger partial charge in [-0.15, -0.1) is 0 Å². The minimum absolute atomic E-state index is 0.513. The van der Waals surface area contributed by atoms with Crippen LogP contribution in [0.4, 0.5) is 5.69 Å². The van der Waals surface area contributed by atoms with Crippen molar-refractivity contribution < 1.29 is 9.47 Å². The molecule has 0 amide bonds. The number of nitrogens with two attached hydrogens (primary N) is 1. The lowest BCUT2D eigenvalue weighted by Gasteiger charge is -2.10. The predicted octanol–water partition coefficient (Wildman–Crippen LogP) is 2.77. The molecule has 0 unspecified atom stereocenters. The summed E-state index contributed by atoms with van der Waals surface area (Å²) in [6, 6.07) is 8.96. The Hall–Kier alpha value is -2.23. The third-order valence-electron chi connectivity index (χ3n) is 2.29. The molecule has 4 heteroatoms. The Morgan fingerprint density at radius 1 is 1.12 bits per heavy atom. The summed E-state index contributed by atoms with van der Waals surface area (Å²) in [6.07, 6.45) is 1.74. The van der Waals surface area contributed by atoms with E-state index in [1.165, 1.54) is 0 Å². The Bertz CT molecular complexity index is 509. The molecule has 2 N–H and O–H groups in total. The summed E-state index contributed by atoms with van der Waals surface area (Å²) in [6.45, 7) is 1.97. The van der Waals surface area contributed by atoms with E-state index in [2.05, 4.69) is 4.98 Å². The van der Waals surface area contributed by atoms with Crippen LogP contribution in [0.5, 0.6) is 17.4 Å². The van der Waals surface area contributed by atoms with E-state index in [-0.39, 0.29) is 0 Å². The zero-order valence-corrected chi connectivity index (χ0v) is 9.81. The lowest BCUT2D eigenvalue weighted by Crippen LogP contribution is -1.94. The van der Waals surface area contributed by atoms with Gasteiger partial charge in [0.25, 0.3) is 0 Å². The van der Waals surface area contributed by atoms with Gasteiger partial charge in [0.05, 0.1) is 7.11 Å². The normalized spacial score (nSPS) is 10.0. The summed E-state index contributed by atoms with van der Waals surface area (Å²) in [4.78, 5) is 4.16. The quantitative estimate of drug-likeness (QED) is 0.824. The molecule has 2 rings (SSSR count). The highest BCUT2D eigenvalue weighted by Gasteiger charge is 2.06. The summed E-state index contributed by atoms with van der Waals surface area (Å²) in [5, 5.41) is 0. The summed E-state index contributed by atoms with van der Waals surface area (Å²) in [7, 11) is 1.58. The van der Waals surface area contributed by atoms with Crippen LogP contribution in [0.1, 0.15) is 5.56 Å². The zero-order chi connectivity index (χ0) is 12.3. The fourth-order valence-corrected chi connectivity index (χ4v) is 1.40. The molecule has 0 atom stereocenters. The second kappa shape index (κ2) is 4.74. The van der Waals surface area contributed by atoms with E-state index in [4.69, 9.17) is 15.2 Å². The van der Waals surface area contributed by atoms with Crippen molar-refractivity contribution >= 4 is 5.69 Å². The van der Waals surface area contributed by atoms with Crippen LogP contribution in [0.25, 0.3) is 0 Å². The Morgan fingerprint density at radius 2 is 1.94 bits per heavy atom. The largest absolute Gasteiger partial charge is 0.493 e. The molecule has 0 aliphatic rings. The molecule has 0 aliphatic carbocycles. The van der Waals surface area contributed by atoms with E-state index in [1.54, 1.807) is 37.6 Å². The number of aromatic nitrogens is 1. The molecule has 2 aromatic rings. The van der Waals surface area contributed by atoms with Gasteiger partial charge in [-0.3, -0.25) is 0 Å². The topological polar surface area (TPSA) is 57.4 Å². The number of anilines is 1. The predicted molar refractivity (Wildman–Crippen MR) is 66.5 cm³/mol. The van der Waals surface area contributed by atoms with E-state index in [9.17, 15) is 0 Å². The van der Waals surface area contributed by atoms with Crippen molar-refractivity contribution in [3.05, 3.63) is 42.1 Å². The first-order chi connectivity index (χ1) is 8.19. The van der Waals surface area contributed by atoms with Crippen LogP contribution in [0.15, 0.2) is 36.5 Å². The number of nitrogens with zero attached hydrogens (tertiary/aromatic N) is 1. The van der Waals surface area contributed by atoms with Crippen molar-refractivity contribution in [3.63, 3.8) is 0 Å². The number of hydrogen-bond acceptors (Lipinski definition) is 4. The van der Waals surface area contributed by atoms with Crippen molar-refractivity contribution in [2.75, 3.05) is 12.8 Å². The minimum Gasteiger partial charge on any atom is -0.493 e. The zero-order valence-electron chi connectivity index (χ0n) is 9.81. The second-order valence-electron chi connectivity index (χ2n) is 3.69. The number of rotatable bonds is 3. The molecule has 0 spiro atoms. The maximum Gasteiger partial charge on any atom is 0.219 e. The Labute approximate surface area is 100 Å². The van der Waals surface area contributed by atoms with Gasteiger partial charge in [0.2, 0.25) is 5.88 Å². The Kier molecular flexibility index (Phi) is 3.14. The summed E-state index contributed by atoms with van der Waals surface area (Å²) < 4.78 is 10.8. The van der Waals surface area contributed by atoms with Crippen molar-refractivity contribution in [2.24, 2.45) is 0 Å². The van der Waals surface area contributed by atoms with Gasteiger partial charge in [-0.05, 0) is 24.6 Å². The summed E-state index contributed by atoms with van der Waals surface area (Å²) in [5.74, 6) is 1.70. The smallest absolute Gasteiger partial charge is 0.219 e. The molecule has 0 radical (unpaired) electrons. The SMILES string of the molecule is COc1ccc(N)cc1Oc1ccc(C)cn1. The maximum absolute atomic E-state index is 5.70. The highest BCUT2D eigenvalue weighted by atomic mass is 16.5. The van der Waals surface area contributed by atoms with Crippen LogP contribution >= 0.6 is 0 Å². The van der Waals surface area contributed by atoms with Crippen LogP contribution in [0.3, 0.4) is 0 Å². The van der Waals surface area contributed by atoms with E-state index in [1.807, 2.05) is 13.0 Å². The number of methoxy groups -OCH3 is 1. The molecule has 1 heterocycles. The van der Waals surface area contributed by atoms with Gasteiger partial charge in [-0.2, -0.15) is 0 Å². The van der Waals surface area contributed by atoms with Gasteiger partial charge in [0.1, 0.15) is 0 Å². The fraction of sp³-hybridized carbons (Fsp3) is 0.154. The van der Waals surface area contributed by atoms with E-state index in [0.717, 1.165) is 5.56 Å². The molecule has 0 saturated heterocycles. The molecular formula is C13H14N2O2. The van der Waals surface area contributed by atoms with Gasteiger partial charge < -0.3 is 15.2 Å². The van der Waals surface area contributed by atoms with Gasteiger partial charge >= 0.3 is 0 Å². The highest BCUT2D eigenvalue weighted by molar-refractivity contribution is 5.52. The maximum atomic E-state index is 5.70. The van der Waals surface area contributed by atoms with Crippen LogP contribution in [-0.4, -0.2) is 12.1 Å². The van der Waals surface area contributed by atoms with E-state index >= 15 is 0 Å². The van der Waals surface area contributed by atoms with Gasteiger partial charge in [-0.25, -0.2) is 4.98 Å². The van der Waals surface area contributed by atoms with Crippen molar-refractivity contribution in [1.29, 1.82) is 0 Å². The van der Waals surface area contributed by atoms with Crippen molar-refractivity contribution in [2.45, 2.75) is 6.92 Å². The van der Waals surface area contributed by atoms with Gasteiger partial charge in [0.15, 0.2) is 11.5 Å². The molecule has 4 nitrogen and oxygen atoms in total. The average Bonchev–Trinajstić information content (AvgIpc) is 2.32. The molecular weight excluding hydrogens is 216 g/mol. The number of benzene rings is 1. The number of aryl methyl sites for hydroxylation is 1. The first-order valence-electron chi connectivity index (χ1n) is 5.23. The first-order valence-corrected chi connectivity index (χ1v) is 5.23. The first kappa shape index (κ1) is 11.3. The molecule has 88 valence electrons. The lowest BCUT2D eigenvalue weighted by molar-refractivity contribution is 0.374. The number of ether oxygens (including phenoxy) is 2. The standard InChI is InChI=1S/C13H14N2O2/c1-9-3-6-13(15-8-9)17-12-7-10(14)4-5-11(12)16-2/h3-8H,14H2,1-2H3. The number of nitrogen functional groups attached to an aromatic ring is 1. The van der Waals surface area contributed by atoms with Gasteiger partial charge in [0, 0.05) is 24.0 Å². The lowest BCUT2D eigenvalue weighted by atomic mass is 10.3. The van der Waals surface area contributed by atoms with Crippen LogP contribution in [-0.2, 0) is 0 Å². The highest BCUT2D eigenvalue weighted by Crippen LogP contribution is 2.32. The Balaban J connectivity index is 2.28. The van der Waals surface area contributed by atoms with Crippen LogP contribution in [0.2, 0.25) is 0 Å². The van der Waals surface area contributed by atoms with Crippen LogP contribution in [0, 0.1) is 6.92 Å². The fourth-order valence-electron chi connectivity index (χ4n) is 1.40. The Morgan fingerprint density at radius 3 is 2.59 bits per heavy atom. The molecule has 0 saturated carbocycles. The number of pyridine rings is 1. The van der Waals surface area contributed by atoms with E-state index < -0.39 is 0 Å². The van der Waals surface area contributed by atoms with Gasteiger partial charge in [-0.1, -0.05) is 6.07 Å². The molecule has 0 bridgehead atoms. The number of hydrogen-bond donors (Lipinski definition) is 1. The summed E-state index contributed by atoms with van der Waals surface area (Å²) in [5.41, 5.74) is 7.40. The van der Waals surface area contributed by atoms with Crippen molar-refractivity contribution in [1.82, 2.24) is 4.98 Å². The molecule has 1 aromatic heterocycles. The average molecular weight is 230 g/mol. The molecule has 0 aliphatic heterocycles.